The maximum Gasteiger partial charge on any atom is 0.410 e. The summed E-state index contributed by atoms with van der Waals surface area (Å²) in [4.78, 5) is 41.1. The molecule has 2 saturated heterocycles. The first kappa shape index (κ1) is 24.1. The summed E-state index contributed by atoms with van der Waals surface area (Å²) in [5, 5.41) is 3.26. The molecule has 34 heavy (non-hydrogen) atoms. The Labute approximate surface area is 204 Å². The van der Waals surface area contributed by atoms with Gasteiger partial charge in [0.1, 0.15) is 6.10 Å². The average molecular weight is 482 g/mol. The second-order valence-electron chi connectivity index (χ2n) is 8.94. The average Bonchev–Trinajstić information content (AvgIpc) is 3.25. The van der Waals surface area contributed by atoms with Crippen molar-refractivity contribution in [1.29, 1.82) is 0 Å². The van der Waals surface area contributed by atoms with Crippen LogP contribution in [-0.2, 0) is 9.53 Å². The molecule has 1 N–H and O–H groups in total. The Morgan fingerprint density at radius 1 is 1.06 bits per heavy atom. The number of cyclic esters (lactones) is 1. The van der Waals surface area contributed by atoms with Crippen molar-refractivity contribution in [3.63, 3.8) is 0 Å². The van der Waals surface area contributed by atoms with Crippen LogP contribution in [0.5, 0.6) is 0 Å². The number of ether oxygens (including phenoxy) is 1. The molecule has 0 radical (unpaired) electrons. The number of amides is 3. The van der Waals surface area contributed by atoms with Gasteiger partial charge >= 0.3 is 6.09 Å². The largest absolute Gasteiger partial charge is 0.439 e. The Bertz CT molecular complexity index is 1000. The van der Waals surface area contributed by atoms with Crippen molar-refractivity contribution >= 4 is 35.4 Å². The molecule has 7 nitrogen and oxygen atoms in total. The number of anilines is 1. The highest BCUT2D eigenvalue weighted by Crippen LogP contribution is 2.30. The summed E-state index contributed by atoms with van der Waals surface area (Å²) < 4.78 is 5.60. The Morgan fingerprint density at radius 3 is 2.38 bits per heavy atom. The first-order valence-corrected chi connectivity index (χ1v) is 12.8. The van der Waals surface area contributed by atoms with Crippen LogP contribution in [0.25, 0.3) is 0 Å². The molecule has 2 heterocycles. The van der Waals surface area contributed by atoms with Crippen molar-refractivity contribution in [2.24, 2.45) is 0 Å². The van der Waals surface area contributed by atoms with Crippen molar-refractivity contribution in [2.45, 2.75) is 44.1 Å². The highest BCUT2D eigenvalue weighted by atomic mass is 32.2. The van der Waals surface area contributed by atoms with Crippen LogP contribution < -0.4 is 5.32 Å². The monoisotopic (exact) mass is 481 g/mol. The maximum absolute atomic E-state index is 13.0. The van der Waals surface area contributed by atoms with Crippen LogP contribution in [0, 0.1) is 0 Å². The first-order valence-electron chi connectivity index (χ1n) is 11.7. The van der Waals surface area contributed by atoms with Gasteiger partial charge in [0.2, 0.25) is 5.91 Å². The Kier molecular flexibility index (Phi) is 7.77. The van der Waals surface area contributed by atoms with Crippen molar-refractivity contribution < 1.29 is 19.1 Å². The summed E-state index contributed by atoms with van der Waals surface area (Å²) in [6.07, 6.45) is 0.938. The molecule has 8 heteroatoms. The van der Waals surface area contributed by atoms with Crippen molar-refractivity contribution in [3.05, 3.63) is 65.7 Å². The van der Waals surface area contributed by atoms with E-state index in [-0.39, 0.29) is 30.1 Å². The number of nitrogens with one attached hydrogen (secondary N) is 1. The second kappa shape index (κ2) is 11.0. The van der Waals surface area contributed by atoms with Crippen LogP contribution in [0.4, 0.5) is 10.5 Å². The quantitative estimate of drug-likeness (QED) is 0.627. The van der Waals surface area contributed by atoms with E-state index in [4.69, 9.17) is 4.74 Å². The fourth-order valence-electron chi connectivity index (χ4n) is 4.32. The molecule has 0 aromatic heterocycles. The second-order valence-corrected chi connectivity index (χ2v) is 10.5. The zero-order chi connectivity index (χ0) is 24.1. The zero-order valence-electron chi connectivity index (χ0n) is 19.6. The smallest absolute Gasteiger partial charge is 0.410 e. The molecule has 2 aliphatic rings. The summed E-state index contributed by atoms with van der Waals surface area (Å²) in [6, 6.07) is 16.9. The van der Waals surface area contributed by atoms with Gasteiger partial charge in [-0.15, -0.1) is 11.8 Å². The van der Waals surface area contributed by atoms with Gasteiger partial charge < -0.3 is 19.9 Å². The number of thioether (sulfide) groups is 1. The fourth-order valence-corrected chi connectivity index (χ4v) is 4.87. The molecule has 4 rings (SSSR count). The van der Waals surface area contributed by atoms with Gasteiger partial charge in [-0.25, -0.2) is 4.79 Å². The van der Waals surface area contributed by atoms with Gasteiger partial charge in [0.25, 0.3) is 5.91 Å². The lowest BCUT2D eigenvalue weighted by Gasteiger charge is -2.35. The lowest BCUT2D eigenvalue weighted by molar-refractivity contribution is -0.113. The molecule has 2 aromatic rings. The van der Waals surface area contributed by atoms with Crippen LogP contribution in [0.1, 0.15) is 48.7 Å². The molecule has 2 aromatic carbocycles. The minimum absolute atomic E-state index is 0.0298. The number of carbonyl (C=O) groups is 3. The Morgan fingerprint density at radius 2 is 1.74 bits per heavy atom. The SMILES string of the molecule is CC(C)SCC(=O)Nc1ccc(C(=O)N2CCC(N3CC(c4ccccc4)OC3=O)CC2)cc1. The topological polar surface area (TPSA) is 79.0 Å². The number of hydrogen-bond acceptors (Lipinski definition) is 5. The summed E-state index contributed by atoms with van der Waals surface area (Å²) >= 11 is 1.59. The number of carbonyl (C=O) groups excluding carboxylic acids is 3. The third-order valence-corrected chi connectivity index (χ3v) is 7.26. The van der Waals surface area contributed by atoms with E-state index in [9.17, 15) is 14.4 Å². The van der Waals surface area contributed by atoms with Crippen LogP contribution in [-0.4, -0.2) is 64.4 Å². The van der Waals surface area contributed by atoms with Gasteiger partial charge in [-0.3, -0.25) is 9.59 Å². The highest BCUT2D eigenvalue weighted by molar-refractivity contribution is 8.00. The van der Waals surface area contributed by atoms with Crippen molar-refractivity contribution in [3.8, 4) is 0 Å². The van der Waals surface area contributed by atoms with Gasteiger partial charge in [0.05, 0.1) is 12.3 Å². The number of piperidine rings is 1. The van der Waals surface area contributed by atoms with E-state index < -0.39 is 0 Å². The van der Waals surface area contributed by atoms with Gasteiger partial charge in [-0.2, -0.15) is 0 Å². The minimum Gasteiger partial charge on any atom is -0.439 e. The summed E-state index contributed by atoms with van der Waals surface area (Å²) in [6.45, 7) is 5.84. The molecule has 2 fully saturated rings. The van der Waals surface area contributed by atoms with E-state index >= 15 is 0 Å². The fraction of sp³-hybridized carbons (Fsp3) is 0.423. The van der Waals surface area contributed by atoms with E-state index in [0.29, 0.717) is 41.9 Å². The van der Waals surface area contributed by atoms with Gasteiger partial charge in [0, 0.05) is 30.4 Å². The molecular weight excluding hydrogens is 450 g/mol. The number of hydrogen-bond donors (Lipinski definition) is 1. The van der Waals surface area contributed by atoms with E-state index in [1.54, 1.807) is 36.0 Å². The molecule has 0 aliphatic carbocycles. The van der Waals surface area contributed by atoms with Crippen molar-refractivity contribution in [2.75, 3.05) is 30.7 Å². The predicted octanol–water partition coefficient (Wildman–Crippen LogP) is 4.56. The lowest BCUT2D eigenvalue weighted by atomic mass is 10.0. The molecule has 0 bridgehead atoms. The summed E-state index contributed by atoms with van der Waals surface area (Å²) in [5.74, 6) is 0.330. The highest BCUT2D eigenvalue weighted by Gasteiger charge is 2.38. The number of rotatable bonds is 7. The van der Waals surface area contributed by atoms with Gasteiger partial charge in [0.15, 0.2) is 0 Å². The molecular formula is C26H31N3O4S. The first-order chi connectivity index (χ1) is 16.4. The van der Waals surface area contributed by atoms with Crippen molar-refractivity contribution in [1.82, 2.24) is 9.80 Å². The Hall–Kier alpha value is -3.00. The maximum atomic E-state index is 13.0. The molecule has 0 saturated carbocycles. The van der Waals surface area contributed by atoms with E-state index in [2.05, 4.69) is 19.2 Å². The third kappa shape index (κ3) is 5.91. The molecule has 1 atom stereocenters. The molecule has 3 amide bonds. The van der Waals surface area contributed by atoms with Gasteiger partial charge in [-0.05, 0) is 47.9 Å². The van der Waals surface area contributed by atoms with Crippen LogP contribution in [0.2, 0.25) is 0 Å². The number of likely N-dealkylation sites (tertiary alicyclic amines) is 1. The summed E-state index contributed by atoms with van der Waals surface area (Å²) in [7, 11) is 0. The standard InChI is InChI=1S/C26H31N3O4S/c1-18(2)34-17-24(30)27-21-10-8-20(9-11-21)25(31)28-14-12-22(13-15-28)29-16-23(33-26(29)32)19-6-4-3-5-7-19/h3-11,18,22-23H,12-17H2,1-2H3,(H,27,30). The number of nitrogens with zero attached hydrogens (tertiary/aromatic N) is 2. The predicted molar refractivity (Wildman–Crippen MR) is 134 cm³/mol. The molecule has 2 aliphatic heterocycles. The van der Waals surface area contributed by atoms with Crippen LogP contribution >= 0.6 is 11.8 Å². The normalized spacial score (nSPS) is 18.8. The zero-order valence-corrected chi connectivity index (χ0v) is 20.4. The summed E-state index contributed by atoms with van der Waals surface area (Å²) in [5.41, 5.74) is 2.28. The van der Waals surface area contributed by atoms with Crippen LogP contribution in [0.3, 0.4) is 0 Å². The van der Waals surface area contributed by atoms with E-state index in [0.717, 1.165) is 18.4 Å². The number of benzene rings is 2. The molecule has 1 unspecified atom stereocenters. The Balaban J connectivity index is 1.27. The minimum atomic E-state index is -0.275. The molecule has 180 valence electrons. The third-order valence-electron chi connectivity index (χ3n) is 6.17. The van der Waals surface area contributed by atoms with E-state index in [1.807, 2.05) is 40.1 Å². The van der Waals surface area contributed by atoms with E-state index in [1.165, 1.54) is 0 Å². The molecule has 0 spiro atoms. The lowest BCUT2D eigenvalue weighted by Crippen LogP contribution is -2.47. The van der Waals surface area contributed by atoms with Crippen LogP contribution in [0.15, 0.2) is 54.6 Å². The van der Waals surface area contributed by atoms with Gasteiger partial charge in [-0.1, -0.05) is 44.2 Å².